The fraction of sp³-hybridized carbons (Fsp3) is 0.647. The van der Waals surface area contributed by atoms with Crippen molar-refractivity contribution >= 4 is 0 Å². The highest BCUT2D eigenvalue weighted by Crippen LogP contribution is 2.36. The van der Waals surface area contributed by atoms with Crippen LogP contribution < -0.4 is 19.5 Å². The fourth-order valence-electron chi connectivity index (χ4n) is 2.11. The van der Waals surface area contributed by atoms with Crippen molar-refractivity contribution in [3.05, 3.63) is 18.2 Å². The maximum atomic E-state index is 5.83. The van der Waals surface area contributed by atoms with Gasteiger partial charge in [-0.3, -0.25) is 0 Å². The maximum absolute atomic E-state index is 5.83. The Kier molecular flexibility index (Phi) is 8.67. The number of ether oxygens (including phenoxy) is 3. The van der Waals surface area contributed by atoms with Gasteiger partial charge in [-0.1, -0.05) is 32.8 Å². The van der Waals surface area contributed by atoms with E-state index in [9.17, 15) is 0 Å². The van der Waals surface area contributed by atoms with Crippen LogP contribution in [0.5, 0.6) is 17.2 Å². The Bertz CT molecular complexity index is 371. The highest BCUT2D eigenvalue weighted by Gasteiger charge is 2.10. The van der Waals surface area contributed by atoms with Gasteiger partial charge in [0.15, 0.2) is 11.5 Å². The van der Waals surface area contributed by atoms with E-state index in [0.29, 0.717) is 18.4 Å². The lowest BCUT2D eigenvalue weighted by molar-refractivity contribution is 0.267. The van der Waals surface area contributed by atoms with Crippen LogP contribution in [0.3, 0.4) is 0 Å². The molecule has 0 aliphatic heterocycles. The van der Waals surface area contributed by atoms with E-state index in [4.69, 9.17) is 14.2 Å². The predicted molar refractivity (Wildman–Crippen MR) is 86.6 cm³/mol. The molecule has 120 valence electrons. The average Bonchev–Trinajstić information content (AvgIpc) is 2.49. The topological polar surface area (TPSA) is 39.7 Å². The van der Waals surface area contributed by atoms with Crippen LogP contribution in [0.1, 0.15) is 39.5 Å². The molecular formula is C17H29NO3. The Morgan fingerprint density at radius 1 is 0.952 bits per heavy atom. The van der Waals surface area contributed by atoms with Crippen LogP contribution in [0.15, 0.2) is 18.2 Å². The molecule has 1 N–H and O–H groups in total. The van der Waals surface area contributed by atoms with Gasteiger partial charge in [-0.2, -0.15) is 0 Å². The number of rotatable bonds is 11. The van der Waals surface area contributed by atoms with Crippen LogP contribution in [0, 0.1) is 0 Å². The zero-order valence-electron chi connectivity index (χ0n) is 13.8. The minimum atomic E-state index is 0.575. The number of hydrogen-bond acceptors (Lipinski definition) is 4. The minimum absolute atomic E-state index is 0.575. The number of hydrogen-bond donors (Lipinski definition) is 1. The van der Waals surface area contributed by atoms with Crippen molar-refractivity contribution in [1.29, 1.82) is 0 Å². The second kappa shape index (κ2) is 10.3. The smallest absolute Gasteiger partial charge is 0.203 e. The Morgan fingerprint density at radius 3 is 2.14 bits per heavy atom. The van der Waals surface area contributed by atoms with Crippen LogP contribution in [-0.2, 0) is 0 Å². The molecule has 0 heterocycles. The van der Waals surface area contributed by atoms with E-state index in [0.717, 1.165) is 24.5 Å². The molecule has 0 spiro atoms. The number of benzene rings is 1. The summed E-state index contributed by atoms with van der Waals surface area (Å²) in [6.07, 6.45) is 4.67. The van der Waals surface area contributed by atoms with E-state index < -0.39 is 0 Å². The van der Waals surface area contributed by atoms with Gasteiger partial charge in [-0.15, -0.1) is 0 Å². The van der Waals surface area contributed by atoms with Crippen molar-refractivity contribution in [3.8, 4) is 17.2 Å². The molecule has 0 fully saturated rings. The van der Waals surface area contributed by atoms with Gasteiger partial charge in [0.25, 0.3) is 0 Å². The molecule has 0 aliphatic carbocycles. The molecule has 0 saturated heterocycles. The van der Waals surface area contributed by atoms with E-state index in [1.807, 2.05) is 18.2 Å². The summed E-state index contributed by atoms with van der Waals surface area (Å²) in [5, 5.41) is 3.43. The number of unbranched alkanes of at least 4 members (excludes halogenated alkanes) is 3. The van der Waals surface area contributed by atoms with Gasteiger partial charge in [0.05, 0.1) is 20.8 Å². The van der Waals surface area contributed by atoms with Crippen LogP contribution in [-0.4, -0.2) is 33.4 Å². The summed E-state index contributed by atoms with van der Waals surface area (Å²) in [6, 6.07) is 6.24. The summed E-state index contributed by atoms with van der Waals surface area (Å²) in [7, 11) is 3.28. The number of methoxy groups -OCH3 is 2. The van der Waals surface area contributed by atoms with Gasteiger partial charge in [0.1, 0.15) is 0 Å². The molecule has 21 heavy (non-hydrogen) atoms. The van der Waals surface area contributed by atoms with Crippen molar-refractivity contribution in [3.63, 3.8) is 0 Å². The van der Waals surface area contributed by atoms with E-state index >= 15 is 0 Å². The Morgan fingerprint density at radius 2 is 1.57 bits per heavy atom. The third kappa shape index (κ3) is 6.71. The zero-order valence-corrected chi connectivity index (χ0v) is 13.8. The molecule has 1 aromatic rings. The molecule has 0 atom stereocenters. The van der Waals surface area contributed by atoms with E-state index in [1.165, 1.54) is 19.3 Å². The van der Waals surface area contributed by atoms with E-state index in [-0.39, 0.29) is 0 Å². The van der Waals surface area contributed by atoms with Gasteiger partial charge in [-0.05, 0) is 31.5 Å². The lowest BCUT2D eigenvalue weighted by atomic mass is 10.2. The second-order valence-corrected chi connectivity index (χ2v) is 5.36. The quantitative estimate of drug-likeness (QED) is 0.633. The molecular weight excluding hydrogens is 266 g/mol. The van der Waals surface area contributed by atoms with Crippen molar-refractivity contribution in [2.45, 2.75) is 45.6 Å². The Hall–Kier alpha value is -1.42. The van der Waals surface area contributed by atoms with Gasteiger partial charge < -0.3 is 19.5 Å². The van der Waals surface area contributed by atoms with E-state index in [1.54, 1.807) is 14.2 Å². The number of para-hydroxylation sites is 1. The lowest BCUT2D eigenvalue weighted by Gasteiger charge is -2.14. The molecule has 0 radical (unpaired) electrons. The summed E-state index contributed by atoms with van der Waals surface area (Å²) in [4.78, 5) is 0. The van der Waals surface area contributed by atoms with Crippen LogP contribution in [0.4, 0.5) is 0 Å². The van der Waals surface area contributed by atoms with Crippen molar-refractivity contribution < 1.29 is 14.2 Å². The zero-order chi connectivity index (χ0) is 15.5. The first-order valence-electron chi connectivity index (χ1n) is 7.76. The molecule has 0 amide bonds. The first kappa shape index (κ1) is 17.6. The summed E-state index contributed by atoms with van der Waals surface area (Å²) in [5.41, 5.74) is 0. The molecule has 0 bridgehead atoms. The first-order valence-corrected chi connectivity index (χ1v) is 7.76. The molecule has 4 nitrogen and oxygen atoms in total. The maximum Gasteiger partial charge on any atom is 0.203 e. The predicted octanol–water partition coefficient (Wildman–Crippen LogP) is 3.64. The summed E-state index contributed by atoms with van der Waals surface area (Å²) in [6.45, 7) is 6.14. The monoisotopic (exact) mass is 295 g/mol. The van der Waals surface area contributed by atoms with Crippen molar-refractivity contribution in [1.82, 2.24) is 5.32 Å². The van der Waals surface area contributed by atoms with Crippen molar-refractivity contribution in [2.75, 3.05) is 27.4 Å². The summed E-state index contributed by atoms with van der Waals surface area (Å²) in [5.74, 6) is 2.13. The van der Waals surface area contributed by atoms with Crippen molar-refractivity contribution in [2.24, 2.45) is 0 Å². The van der Waals surface area contributed by atoms with Gasteiger partial charge in [0.2, 0.25) is 5.75 Å². The first-order chi connectivity index (χ1) is 10.2. The van der Waals surface area contributed by atoms with E-state index in [2.05, 4.69) is 19.2 Å². The Balaban J connectivity index is 2.23. The number of nitrogens with one attached hydrogen (secondary N) is 1. The third-order valence-corrected chi connectivity index (χ3v) is 3.25. The summed E-state index contributed by atoms with van der Waals surface area (Å²) < 4.78 is 16.4. The molecule has 4 heteroatoms. The standard InChI is InChI=1S/C17H29NO3/c1-14(2)18-12-7-5-6-8-13-21-17-15(19-3)10-9-11-16(17)20-4/h9-11,14,18H,5-8,12-13H2,1-4H3. The van der Waals surface area contributed by atoms with Gasteiger partial charge in [-0.25, -0.2) is 0 Å². The Labute approximate surface area is 128 Å². The molecule has 0 aliphatic rings. The molecule has 1 rings (SSSR count). The molecule has 0 aromatic heterocycles. The van der Waals surface area contributed by atoms with Crippen LogP contribution in [0.2, 0.25) is 0 Å². The highest BCUT2D eigenvalue weighted by atomic mass is 16.5. The largest absolute Gasteiger partial charge is 0.493 e. The van der Waals surface area contributed by atoms with Gasteiger partial charge in [0, 0.05) is 6.04 Å². The highest BCUT2D eigenvalue weighted by molar-refractivity contribution is 5.51. The molecule has 0 unspecified atom stereocenters. The second-order valence-electron chi connectivity index (χ2n) is 5.36. The molecule has 0 saturated carbocycles. The average molecular weight is 295 g/mol. The third-order valence-electron chi connectivity index (χ3n) is 3.25. The van der Waals surface area contributed by atoms with Crippen LogP contribution in [0.25, 0.3) is 0 Å². The minimum Gasteiger partial charge on any atom is -0.493 e. The lowest BCUT2D eigenvalue weighted by Crippen LogP contribution is -2.23. The fourth-order valence-corrected chi connectivity index (χ4v) is 2.11. The summed E-state index contributed by atoms with van der Waals surface area (Å²) >= 11 is 0. The van der Waals surface area contributed by atoms with Crippen LogP contribution >= 0.6 is 0 Å². The normalized spacial score (nSPS) is 10.7. The molecule has 1 aromatic carbocycles. The SMILES string of the molecule is COc1cccc(OC)c1OCCCCCCNC(C)C. The van der Waals surface area contributed by atoms with Gasteiger partial charge >= 0.3 is 0 Å².